The van der Waals surface area contributed by atoms with E-state index < -0.39 is 77.4 Å². The van der Waals surface area contributed by atoms with E-state index in [1.807, 2.05) is 30.3 Å². The van der Waals surface area contributed by atoms with Crippen LogP contribution in [0.15, 0.2) is 54.6 Å². The molecule has 0 radical (unpaired) electrons. The highest BCUT2D eigenvalue weighted by atomic mass is 32.2. The van der Waals surface area contributed by atoms with Gasteiger partial charge in [-0.05, 0) is 82.5 Å². The predicted molar refractivity (Wildman–Crippen MR) is 250 cm³/mol. The van der Waals surface area contributed by atoms with Gasteiger partial charge in [0.05, 0.1) is 41.3 Å². The summed E-state index contributed by atoms with van der Waals surface area (Å²) in [5.41, 5.74) is -6.59. The van der Waals surface area contributed by atoms with Gasteiger partial charge in [0, 0.05) is 59.7 Å². The summed E-state index contributed by atoms with van der Waals surface area (Å²) in [6, 6.07) is 15.0. The topological polar surface area (TPSA) is 204 Å². The number of amides is 3. The number of nitrogens with zero attached hydrogens (tertiary/aromatic N) is 3. The van der Waals surface area contributed by atoms with Crippen LogP contribution in [-0.4, -0.2) is 115 Å². The molecule has 5 atom stereocenters. The Bertz CT molecular complexity index is 2310. The first-order valence-electron chi connectivity index (χ1n) is 22.0. The summed E-state index contributed by atoms with van der Waals surface area (Å²) in [6.45, 7) is 5.24. The van der Waals surface area contributed by atoms with Crippen molar-refractivity contribution < 1.29 is 56.6 Å². The highest BCUT2D eigenvalue weighted by Gasteiger charge is 2.55. The van der Waals surface area contributed by atoms with Crippen LogP contribution in [0.1, 0.15) is 106 Å². The van der Waals surface area contributed by atoms with E-state index in [2.05, 4.69) is 11.4 Å². The number of thiophene rings is 1. The molecule has 0 unspecified atom stereocenters. The number of nitriles is 1. The molecule has 0 saturated carbocycles. The second kappa shape index (κ2) is 21.7. The van der Waals surface area contributed by atoms with E-state index in [0.29, 0.717) is 60.5 Å². The average molecular weight is 991 g/mol. The van der Waals surface area contributed by atoms with Gasteiger partial charge < -0.3 is 34.4 Å². The van der Waals surface area contributed by atoms with Crippen molar-refractivity contribution in [2.24, 2.45) is 5.92 Å². The molecule has 3 amide bonds. The molecular weight excluding hydrogens is 934 g/mol. The van der Waals surface area contributed by atoms with E-state index in [0.717, 1.165) is 41.9 Å². The fraction of sp³-hybridized carbons (Fsp3) is 0.565. The summed E-state index contributed by atoms with van der Waals surface area (Å²) in [6.07, 6.45) is 3.18. The van der Waals surface area contributed by atoms with Crippen LogP contribution < -0.4 is 5.32 Å². The van der Waals surface area contributed by atoms with Crippen LogP contribution in [0.25, 0.3) is 10.1 Å². The number of rotatable bonds is 18. The number of hydrogen-bond acceptors (Lipinski definition) is 14. The first-order chi connectivity index (χ1) is 31.1. The van der Waals surface area contributed by atoms with Gasteiger partial charge in [0.1, 0.15) is 12.1 Å². The molecule has 2 aromatic carbocycles. The van der Waals surface area contributed by atoms with Gasteiger partial charge in [0.2, 0.25) is 11.8 Å². The van der Waals surface area contributed by atoms with Gasteiger partial charge in [-0.15, -0.1) is 11.3 Å². The van der Waals surface area contributed by atoms with E-state index in [4.69, 9.17) is 9.05 Å². The minimum absolute atomic E-state index is 0.133. The van der Waals surface area contributed by atoms with Crippen LogP contribution in [0.4, 0.5) is 8.78 Å². The zero-order valence-electron chi connectivity index (χ0n) is 37.4. The number of halogens is 2. The van der Waals surface area contributed by atoms with Crippen molar-refractivity contribution in [2.75, 3.05) is 37.8 Å². The van der Waals surface area contributed by atoms with Gasteiger partial charge in [-0.2, -0.15) is 14.0 Å². The Morgan fingerprint density at radius 2 is 1.52 bits per heavy atom. The van der Waals surface area contributed by atoms with Crippen molar-refractivity contribution in [1.29, 1.82) is 5.26 Å². The molecular formula is C46H57F2N4O10PS3. The molecule has 3 aromatic rings. The molecule has 3 N–H and O–H groups in total. The third kappa shape index (κ3) is 12.9. The molecule has 6 rings (SSSR count). The lowest BCUT2D eigenvalue weighted by Gasteiger charge is -2.36. The number of carbonyl (C=O) groups excluding carboxylic acids is 5. The van der Waals surface area contributed by atoms with Crippen LogP contribution in [0.2, 0.25) is 0 Å². The summed E-state index contributed by atoms with van der Waals surface area (Å²) in [7, 11) is -5.37. The van der Waals surface area contributed by atoms with Crippen LogP contribution in [0, 0.1) is 17.2 Å². The minimum atomic E-state index is -5.37. The van der Waals surface area contributed by atoms with Crippen molar-refractivity contribution in [1.82, 2.24) is 15.1 Å². The molecule has 0 aliphatic carbocycles. The standard InChI is InChI=1S/C46H57F2N4O10PS3/c1-44(2,58)24-39(53)64-20-18-61-63(60,62-19-21-65-40(54)25-45(3,4)59)46(47,48)32-14-17-37-30(22-32)23-38(66-37)41(55)50-35-13-9-8-12-33-15-16-36(52(33)42(35)56)43(57)51-27-31(26-49)34(28-51)29-10-6-5-7-11-29/h5-7,10-11,14,17,22-23,31,33-36,58-59H,8-9,12-13,15-16,18-21,24-25,27-28H2,1-4H3,(H,50,55)/t31-,33+,34+,35+,36+/m1/s1. The van der Waals surface area contributed by atoms with Gasteiger partial charge in [-0.25, -0.2) is 0 Å². The first kappa shape index (κ1) is 51.7. The molecule has 14 nitrogen and oxygen atoms in total. The van der Waals surface area contributed by atoms with Crippen LogP contribution in [-0.2, 0) is 38.5 Å². The molecule has 66 heavy (non-hydrogen) atoms. The molecule has 3 aliphatic heterocycles. The highest BCUT2D eigenvalue weighted by Crippen LogP contribution is 2.67. The van der Waals surface area contributed by atoms with Crippen LogP contribution in [0.3, 0.4) is 0 Å². The number of nitrogens with one attached hydrogen (secondary N) is 1. The van der Waals surface area contributed by atoms with Gasteiger partial charge in [-0.3, -0.25) is 28.5 Å². The molecule has 0 spiro atoms. The van der Waals surface area contributed by atoms with E-state index in [1.165, 1.54) is 39.8 Å². The Hall–Kier alpha value is -3.73. The number of likely N-dealkylation sites (tertiary alicyclic amines) is 1. The lowest BCUT2D eigenvalue weighted by Crippen LogP contribution is -2.56. The van der Waals surface area contributed by atoms with Gasteiger partial charge >= 0.3 is 13.3 Å². The molecule has 3 aliphatic rings. The largest absolute Gasteiger partial charge is 0.404 e. The number of hydrogen-bond donors (Lipinski definition) is 3. The number of fused-ring (bicyclic) bond motifs is 2. The lowest BCUT2D eigenvalue weighted by atomic mass is 9.90. The summed E-state index contributed by atoms with van der Waals surface area (Å²) >= 11 is 2.45. The van der Waals surface area contributed by atoms with Crippen LogP contribution >= 0.6 is 42.5 Å². The molecule has 20 heteroatoms. The normalized spacial score (nSPS) is 21.9. The van der Waals surface area contributed by atoms with Crippen molar-refractivity contribution in [3.63, 3.8) is 0 Å². The Morgan fingerprint density at radius 1 is 0.894 bits per heavy atom. The fourth-order valence-electron chi connectivity index (χ4n) is 8.64. The van der Waals surface area contributed by atoms with Gasteiger partial charge in [0.25, 0.3) is 5.91 Å². The molecule has 358 valence electrons. The monoisotopic (exact) mass is 990 g/mol. The van der Waals surface area contributed by atoms with Crippen molar-refractivity contribution in [3.8, 4) is 6.07 Å². The van der Waals surface area contributed by atoms with E-state index >= 15 is 8.78 Å². The second-order valence-corrected chi connectivity index (χ2v) is 23.7. The Morgan fingerprint density at radius 3 is 2.12 bits per heavy atom. The smallest absolute Gasteiger partial charge is 0.390 e. The Labute approximate surface area is 396 Å². The summed E-state index contributed by atoms with van der Waals surface area (Å²) in [5.74, 6) is -2.06. The molecule has 4 heterocycles. The fourth-order valence-corrected chi connectivity index (χ4v) is 13.0. The van der Waals surface area contributed by atoms with E-state index in [9.17, 15) is 44.0 Å². The van der Waals surface area contributed by atoms with Crippen molar-refractivity contribution in [3.05, 3.63) is 70.6 Å². The SMILES string of the molecule is CC(C)(O)CC(=O)SCCOP(=O)(OCCSC(=O)CC(C)(C)O)C(F)(F)c1ccc2sc(C(=O)N[C@H]3CCCC[C@H]4CC[C@@H](C(=O)N5C[C@@H](C#N)[C@H](c6ccccc6)C5)N4C3=O)cc2c1. The maximum Gasteiger partial charge on any atom is 0.404 e. The third-order valence-corrected chi connectivity index (χ3v) is 16.5. The Balaban J connectivity index is 1.15. The molecule has 1 aromatic heterocycles. The average Bonchev–Trinajstić information content (AvgIpc) is 4.00. The predicted octanol–water partition coefficient (Wildman–Crippen LogP) is 7.82. The van der Waals surface area contributed by atoms with E-state index in [-0.39, 0.29) is 64.9 Å². The lowest BCUT2D eigenvalue weighted by molar-refractivity contribution is -0.146. The minimum Gasteiger partial charge on any atom is -0.390 e. The van der Waals surface area contributed by atoms with Crippen molar-refractivity contribution >= 4 is 80.5 Å². The molecule has 0 bridgehead atoms. The second-order valence-electron chi connectivity index (χ2n) is 18.3. The summed E-state index contributed by atoms with van der Waals surface area (Å²) < 4.78 is 58.0. The summed E-state index contributed by atoms with van der Waals surface area (Å²) in [4.78, 5) is 70.4. The quantitative estimate of drug-likeness (QED) is 0.0823. The van der Waals surface area contributed by atoms with E-state index in [1.54, 1.807) is 9.80 Å². The van der Waals surface area contributed by atoms with Gasteiger partial charge in [-0.1, -0.05) is 72.8 Å². The zero-order valence-corrected chi connectivity index (χ0v) is 40.8. The Kier molecular flexibility index (Phi) is 17.0. The number of carbonyl (C=O) groups is 5. The van der Waals surface area contributed by atoms with Crippen molar-refractivity contribution in [2.45, 2.75) is 120 Å². The number of aliphatic hydroxyl groups is 2. The molecule has 3 fully saturated rings. The number of thioether (sulfide) groups is 2. The highest BCUT2D eigenvalue weighted by molar-refractivity contribution is 8.13. The first-order valence-corrected chi connectivity index (χ1v) is 26.4. The number of benzene rings is 2. The summed E-state index contributed by atoms with van der Waals surface area (Å²) in [5, 5.41) is 32.1. The number of alkyl halides is 2. The van der Waals surface area contributed by atoms with Gasteiger partial charge in [0.15, 0.2) is 10.2 Å². The molecule has 3 saturated heterocycles. The maximum absolute atomic E-state index is 16.5. The maximum atomic E-state index is 16.5. The third-order valence-electron chi connectivity index (χ3n) is 11.8. The zero-order chi connectivity index (χ0) is 48.0. The van der Waals surface area contributed by atoms with Crippen LogP contribution in [0.5, 0.6) is 0 Å².